The predicted octanol–water partition coefficient (Wildman–Crippen LogP) is 3.53. The molecule has 2 rings (SSSR count). The van der Waals surface area contributed by atoms with Crippen molar-refractivity contribution in [1.29, 1.82) is 0 Å². The summed E-state index contributed by atoms with van der Waals surface area (Å²) in [6.07, 6.45) is 2.66. The van der Waals surface area contributed by atoms with Crippen molar-refractivity contribution in [2.45, 2.75) is 57.9 Å². The van der Waals surface area contributed by atoms with Crippen molar-refractivity contribution in [3.63, 3.8) is 0 Å². The van der Waals surface area contributed by atoms with Gasteiger partial charge in [-0.05, 0) is 40.7 Å². The molecule has 1 aliphatic carbocycles. The van der Waals surface area contributed by atoms with Crippen LogP contribution in [0.2, 0.25) is 0 Å². The van der Waals surface area contributed by atoms with Crippen molar-refractivity contribution < 1.29 is 18.1 Å². The molecule has 0 aromatic carbocycles. The van der Waals surface area contributed by atoms with Crippen LogP contribution in [0.1, 0.15) is 41.0 Å². The van der Waals surface area contributed by atoms with E-state index in [1.165, 1.54) is 13.0 Å². The molecule has 2 nitrogen and oxygen atoms in total. The van der Waals surface area contributed by atoms with Crippen LogP contribution in [0.5, 0.6) is 0 Å². The van der Waals surface area contributed by atoms with Gasteiger partial charge in [0, 0.05) is 11.9 Å². The second-order valence-corrected chi connectivity index (χ2v) is 6.22. The summed E-state index contributed by atoms with van der Waals surface area (Å²) < 4.78 is 39.0. The normalized spacial score (nSPS) is 34.3. The van der Waals surface area contributed by atoms with Gasteiger partial charge in [0.25, 0.3) is 0 Å². The summed E-state index contributed by atoms with van der Waals surface area (Å²) in [6.45, 7) is 8.95. The molecular weight excluding hydrogens is 237 g/mol. The Morgan fingerprint density at radius 3 is 2.06 bits per heavy atom. The zero-order valence-electron chi connectivity index (χ0n) is 11.5. The number of allylic oxidation sites excluding steroid dienone is 4. The molecule has 1 atom stereocenters. The summed E-state index contributed by atoms with van der Waals surface area (Å²) in [7, 11) is -0.762. The van der Waals surface area contributed by atoms with Crippen molar-refractivity contribution in [3.05, 3.63) is 23.5 Å². The zero-order chi connectivity index (χ0) is 13.8. The van der Waals surface area contributed by atoms with Gasteiger partial charge >= 0.3 is 7.12 Å². The fourth-order valence-corrected chi connectivity index (χ4v) is 1.99. The average Bonchev–Trinajstić information content (AvgIpc) is 2.33. The molecule has 0 saturated carbocycles. The van der Waals surface area contributed by atoms with Crippen LogP contribution in [0.15, 0.2) is 23.5 Å². The number of halogens is 2. The van der Waals surface area contributed by atoms with Crippen LogP contribution in [-0.2, 0) is 9.31 Å². The lowest BCUT2D eigenvalue weighted by Crippen LogP contribution is -2.41. The Bertz CT molecular complexity index is 409. The molecule has 5 heteroatoms. The maximum atomic E-state index is 13.9. The molecule has 1 fully saturated rings. The summed E-state index contributed by atoms with van der Waals surface area (Å²) >= 11 is 0. The van der Waals surface area contributed by atoms with E-state index in [-0.39, 0.29) is 6.42 Å². The number of hydrogen-bond donors (Lipinski definition) is 0. The largest absolute Gasteiger partial charge is 0.497 e. The van der Waals surface area contributed by atoms with Gasteiger partial charge in [0.2, 0.25) is 0 Å². The molecule has 0 spiro atoms. The first-order chi connectivity index (χ1) is 8.04. The van der Waals surface area contributed by atoms with E-state index in [9.17, 15) is 8.78 Å². The average molecular weight is 256 g/mol. The van der Waals surface area contributed by atoms with E-state index in [0.29, 0.717) is 5.47 Å². The Morgan fingerprint density at radius 2 is 1.61 bits per heavy atom. The maximum absolute atomic E-state index is 13.9. The Kier molecular flexibility index (Phi) is 2.98. The fourth-order valence-electron chi connectivity index (χ4n) is 1.99. The third-order valence-corrected chi connectivity index (χ3v) is 3.93. The van der Waals surface area contributed by atoms with Crippen molar-refractivity contribution >= 4 is 7.12 Å². The van der Waals surface area contributed by atoms with Crippen molar-refractivity contribution in [2.24, 2.45) is 0 Å². The number of rotatable bonds is 1. The Hall–Kier alpha value is -0.675. The lowest BCUT2D eigenvalue weighted by molar-refractivity contribution is 0.00578. The highest BCUT2D eigenvalue weighted by atomic mass is 19.1. The molecule has 0 aromatic rings. The first kappa shape index (κ1) is 13.7. The molecule has 0 amide bonds. The monoisotopic (exact) mass is 256 g/mol. The Balaban J connectivity index is 2.22. The number of alkyl halides is 1. The van der Waals surface area contributed by atoms with E-state index in [1.807, 2.05) is 27.7 Å². The first-order valence-electron chi connectivity index (χ1n) is 6.17. The third-order valence-electron chi connectivity index (χ3n) is 3.93. The minimum atomic E-state index is -1.63. The van der Waals surface area contributed by atoms with Crippen LogP contribution in [0.3, 0.4) is 0 Å². The second kappa shape index (κ2) is 3.91. The molecule has 1 aliphatic heterocycles. The van der Waals surface area contributed by atoms with Crippen LogP contribution in [0.25, 0.3) is 0 Å². The summed E-state index contributed by atoms with van der Waals surface area (Å²) in [6, 6.07) is 0. The topological polar surface area (TPSA) is 18.5 Å². The second-order valence-electron chi connectivity index (χ2n) is 6.22. The van der Waals surface area contributed by atoms with Gasteiger partial charge in [-0.25, -0.2) is 8.78 Å². The molecule has 1 unspecified atom stereocenters. The van der Waals surface area contributed by atoms with Gasteiger partial charge in [0.15, 0.2) is 0 Å². The first-order valence-corrected chi connectivity index (χ1v) is 6.17. The summed E-state index contributed by atoms with van der Waals surface area (Å²) in [5, 5.41) is 0. The summed E-state index contributed by atoms with van der Waals surface area (Å²) in [4.78, 5) is 0. The van der Waals surface area contributed by atoms with Gasteiger partial charge in [-0.2, -0.15) is 0 Å². The van der Waals surface area contributed by atoms with Gasteiger partial charge in [0.1, 0.15) is 11.5 Å². The van der Waals surface area contributed by atoms with Crippen LogP contribution >= 0.6 is 0 Å². The standard InChI is InChI=1S/C13H19BF2O2/c1-11(2)12(3,4)18-14(17-11)9-6-7-13(5,16)8-10(9)15/h6,8H,7H2,1-5H3. The zero-order valence-corrected chi connectivity index (χ0v) is 11.5. The van der Waals surface area contributed by atoms with Crippen molar-refractivity contribution in [3.8, 4) is 0 Å². The van der Waals surface area contributed by atoms with E-state index in [1.54, 1.807) is 0 Å². The van der Waals surface area contributed by atoms with Crippen molar-refractivity contribution in [1.82, 2.24) is 0 Å². The van der Waals surface area contributed by atoms with E-state index in [2.05, 4.69) is 0 Å². The molecular formula is C13H19BF2O2. The molecule has 18 heavy (non-hydrogen) atoms. The Morgan fingerprint density at radius 1 is 1.11 bits per heavy atom. The van der Waals surface area contributed by atoms with Crippen LogP contribution in [-0.4, -0.2) is 24.0 Å². The molecule has 1 heterocycles. The highest BCUT2D eigenvalue weighted by Crippen LogP contribution is 2.41. The SMILES string of the molecule is CC1(F)C=C(F)C(B2OC(C)(C)C(C)(C)O2)=CC1. The van der Waals surface area contributed by atoms with Gasteiger partial charge in [-0.15, -0.1) is 0 Å². The van der Waals surface area contributed by atoms with Crippen LogP contribution < -0.4 is 0 Å². The molecule has 0 aromatic heterocycles. The van der Waals surface area contributed by atoms with E-state index in [0.717, 1.165) is 6.08 Å². The fraction of sp³-hybridized carbons (Fsp3) is 0.692. The lowest BCUT2D eigenvalue weighted by atomic mass is 9.73. The van der Waals surface area contributed by atoms with Gasteiger partial charge in [-0.3, -0.25) is 0 Å². The number of hydrogen-bond acceptors (Lipinski definition) is 2. The minimum Gasteiger partial charge on any atom is -0.399 e. The van der Waals surface area contributed by atoms with Gasteiger partial charge < -0.3 is 9.31 Å². The molecule has 0 N–H and O–H groups in total. The van der Waals surface area contributed by atoms with Gasteiger partial charge in [-0.1, -0.05) is 6.08 Å². The van der Waals surface area contributed by atoms with E-state index < -0.39 is 29.8 Å². The minimum absolute atomic E-state index is 0.139. The molecule has 0 radical (unpaired) electrons. The highest BCUT2D eigenvalue weighted by molar-refractivity contribution is 6.56. The molecule has 2 aliphatic rings. The van der Waals surface area contributed by atoms with Crippen LogP contribution in [0.4, 0.5) is 8.78 Å². The maximum Gasteiger partial charge on any atom is 0.497 e. The Labute approximate surface area is 107 Å². The molecule has 1 saturated heterocycles. The quantitative estimate of drug-likeness (QED) is 0.668. The smallest absolute Gasteiger partial charge is 0.399 e. The van der Waals surface area contributed by atoms with Gasteiger partial charge in [0.05, 0.1) is 11.2 Å². The lowest BCUT2D eigenvalue weighted by Gasteiger charge is -2.32. The highest BCUT2D eigenvalue weighted by Gasteiger charge is 2.53. The van der Waals surface area contributed by atoms with Crippen LogP contribution in [0, 0.1) is 0 Å². The molecule has 100 valence electrons. The third kappa shape index (κ3) is 2.26. The van der Waals surface area contributed by atoms with Crippen molar-refractivity contribution in [2.75, 3.05) is 0 Å². The van der Waals surface area contributed by atoms with E-state index >= 15 is 0 Å². The summed E-state index contributed by atoms with van der Waals surface area (Å²) in [5.74, 6) is -0.593. The summed E-state index contributed by atoms with van der Waals surface area (Å²) in [5.41, 5.74) is -2.37. The molecule has 0 bridgehead atoms. The van der Waals surface area contributed by atoms with E-state index in [4.69, 9.17) is 9.31 Å². The predicted molar refractivity (Wildman–Crippen MR) is 67.5 cm³/mol.